The summed E-state index contributed by atoms with van der Waals surface area (Å²) in [6.45, 7) is -0.573. The monoisotopic (exact) mass is 251 g/mol. The minimum Gasteiger partial charge on any atom is -0.466 e. The van der Waals surface area contributed by atoms with Gasteiger partial charge in [-0.3, -0.25) is 9.69 Å². The Kier molecular flexibility index (Phi) is 2.90. The van der Waals surface area contributed by atoms with E-state index in [0.29, 0.717) is 0 Å². The molecule has 1 heterocycles. The zero-order valence-corrected chi connectivity index (χ0v) is 10.7. The Morgan fingerprint density at radius 2 is 2.17 bits per heavy atom. The van der Waals surface area contributed by atoms with Crippen LogP contribution in [0.15, 0.2) is 30.3 Å². The predicted octanol–water partition coefficient (Wildman–Crippen LogP) is 2.32. The number of hydrogen-bond acceptors (Lipinski definition) is 3. The quantitative estimate of drug-likeness (QED) is 0.769. The van der Waals surface area contributed by atoms with Crippen molar-refractivity contribution >= 4 is 5.97 Å². The highest BCUT2D eigenvalue weighted by Crippen LogP contribution is 2.25. The minimum atomic E-state index is -2.11. The fourth-order valence-corrected chi connectivity index (χ4v) is 1.98. The maximum atomic E-state index is 12.1. The van der Waals surface area contributed by atoms with Crippen molar-refractivity contribution in [2.75, 3.05) is 19.6 Å². The first-order valence-corrected chi connectivity index (χ1v) is 6.21. The lowest BCUT2D eigenvalue weighted by Gasteiger charge is -2.15. The van der Waals surface area contributed by atoms with Crippen molar-refractivity contribution in [2.45, 2.75) is 20.4 Å². The zero-order valence-electron chi connectivity index (χ0n) is 14.7. The highest BCUT2D eigenvalue weighted by molar-refractivity contribution is 5.73. The SMILES string of the molecule is [2H]C1([2H])C(C)C(C(=O)OCC)C([2H])([2H])N1Cc1ccccc1. The maximum Gasteiger partial charge on any atom is 0.310 e. The molecule has 1 aromatic carbocycles. The average molecular weight is 251 g/mol. The molecule has 1 fully saturated rings. The largest absolute Gasteiger partial charge is 0.466 e. The van der Waals surface area contributed by atoms with E-state index < -0.39 is 30.8 Å². The Morgan fingerprint density at radius 3 is 2.83 bits per heavy atom. The molecule has 2 unspecified atom stereocenters. The Hall–Kier alpha value is -1.35. The highest BCUT2D eigenvalue weighted by Gasteiger charge is 2.35. The molecule has 98 valence electrons. The van der Waals surface area contributed by atoms with Crippen molar-refractivity contribution in [1.29, 1.82) is 0 Å². The van der Waals surface area contributed by atoms with Gasteiger partial charge in [0, 0.05) is 25.0 Å². The molecule has 0 amide bonds. The molecule has 0 bridgehead atoms. The van der Waals surface area contributed by atoms with E-state index in [1.54, 1.807) is 13.8 Å². The van der Waals surface area contributed by atoms with E-state index >= 15 is 0 Å². The Bertz CT molecular complexity index is 536. The number of likely N-dealkylation sites (tertiary alicyclic amines) is 1. The van der Waals surface area contributed by atoms with Gasteiger partial charge in [0.05, 0.1) is 12.5 Å². The molecule has 0 radical (unpaired) electrons. The lowest BCUT2D eigenvalue weighted by Crippen LogP contribution is -2.25. The highest BCUT2D eigenvalue weighted by atomic mass is 16.5. The molecular formula is C15H21NO2. The van der Waals surface area contributed by atoms with E-state index in [1.165, 1.54) is 0 Å². The number of benzene rings is 1. The van der Waals surface area contributed by atoms with Crippen LogP contribution in [0.3, 0.4) is 0 Å². The Balaban J connectivity index is 2.34. The summed E-state index contributed by atoms with van der Waals surface area (Å²) >= 11 is 0. The first-order chi connectivity index (χ1) is 10.2. The molecule has 1 aliphatic heterocycles. The van der Waals surface area contributed by atoms with E-state index in [2.05, 4.69) is 0 Å². The topological polar surface area (TPSA) is 29.5 Å². The van der Waals surface area contributed by atoms with Crippen molar-refractivity contribution in [2.24, 2.45) is 11.8 Å². The first kappa shape index (κ1) is 8.70. The molecule has 0 spiro atoms. The summed E-state index contributed by atoms with van der Waals surface area (Å²) in [4.78, 5) is 13.2. The molecule has 3 heteroatoms. The first-order valence-electron chi connectivity index (χ1n) is 8.21. The number of esters is 1. The lowest BCUT2D eigenvalue weighted by atomic mass is 9.99. The van der Waals surface area contributed by atoms with Crippen LogP contribution in [-0.4, -0.2) is 30.5 Å². The van der Waals surface area contributed by atoms with Gasteiger partial charge < -0.3 is 4.74 Å². The molecule has 1 saturated heterocycles. The lowest BCUT2D eigenvalue weighted by molar-refractivity contribution is -0.148. The number of hydrogen-bond donors (Lipinski definition) is 0. The average Bonchev–Trinajstić information content (AvgIpc) is 2.57. The summed E-state index contributed by atoms with van der Waals surface area (Å²) in [5.74, 6) is -2.63. The normalized spacial score (nSPS) is 33.0. The Labute approximate surface area is 114 Å². The van der Waals surface area contributed by atoms with Crippen LogP contribution in [-0.2, 0) is 16.1 Å². The smallest absolute Gasteiger partial charge is 0.310 e. The molecular weight excluding hydrogens is 226 g/mol. The third kappa shape index (κ3) is 3.10. The second kappa shape index (κ2) is 6.01. The van der Waals surface area contributed by atoms with Gasteiger partial charge >= 0.3 is 5.97 Å². The third-order valence-corrected chi connectivity index (χ3v) is 2.88. The summed E-state index contributed by atoms with van der Waals surface area (Å²) in [5, 5.41) is 0. The van der Waals surface area contributed by atoms with Crippen LogP contribution in [0, 0.1) is 11.8 Å². The van der Waals surface area contributed by atoms with Crippen LogP contribution in [0.5, 0.6) is 0 Å². The van der Waals surface area contributed by atoms with Crippen LogP contribution >= 0.6 is 0 Å². The number of carbonyl (C=O) groups is 1. The number of ether oxygens (including phenoxy) is 1. The summed E-state index contributed by atoms with van der Waals surface area (Å²) in [6.07, 6.45) is 0. The second-order valence-corrected chi connectivity index (χ2v) is 4.35. The number of rotatable bonds is 4. The van der Waals surface area contributed by atoms with E-state index in [1.807, 2.05) is 30.3 Å². The van der Waals surface area contributed by atoms with Crippen molar-refractivity contribution in [3.63, 3.8) is 0 Å². The fraction of sp³-hybridized carbons (Fsp3) is 0.533. The van der Waals surface area contributed by atoms with Gasteiger partial charge in [-0.25, -0.2) is 0 Å². The van der Waals surface area contributed by atoms with E-state index in [4.69, 9.17) is 10.2 Å². The molecule has 0 aliphatic carbocycles. The molecule has 2 rings (SSSR count). The third-order valence-electron chi connectivity index (χ3n) is 2.88. The number of nitrogens with zero attached hydrogens (tertiary/aromatic N) is 1. The molecule has 3 nitrogen and oxygen atoms in total. The van der Waals surface area contributed by atoms with Crippen molar-refractivity contribution in [3.8, 4) is 0 Å². The van der Waals surface area contributed by atoms with E-state index in [-0.39, 0.29) is 13.2 Å². The summed E-state index contributed by atoms with van der Waals surface area (Å²) in [5.41, 5.74) is 0.798. The molecule has 1 aliphatic rings. The van der Waals surface area contributed by atoms with Gasteiger partial charge in [-0.1, -0.05) is 37.3 Å². The predicted molar refractivity (Wildman–Crippen MR) is 71.0 cm³/mol. The van der Waals surface area contributed by atoms with Gasteiger partial charge in [-0.2, -0.15) is 0 Å². The molecule has 1 aromatic rings. The number of carbonyl (C=O) groups excluding carboxylic acids is 1. The summed E-state index contributed by atoms with van der Waals surface area (Å²) in [7, 11) is 0. The van der Waals surface area contributed by atoms with Crippen molar-refractivity contribution in [3.05, 3.63) is 35.9 Å². The molecule has 0 saturated carbocycles. The van der Waals surface area contributed by atoms with Gasteiger partial charge in [0.2, 0.25) is 0 Å². The summed E-state index contributed by atoms with van der Waals surface area (Å²) < 4.78 is 38.1. The minimum absolute atomic E-state index is 0.0983. The van der Waals surface area contributed by atoms with Crippen LogP contribution in [0.1, 0.15) is 24.9 Å². The maximum absolute atomic E-state index is 12.1. The van der Waals surface area contributed by atoms with Crippen LogP contribution in [0.4, 0.5) is 0 Å². The standard InChI is InChI=1S/C15H21NO2/c1-3-18-15(17)14-11-16(9-12(14)2)10-13-7-5-4-6-8-13/h4-8,12,14H,3,9-11H2,1-2H3/i9D2,11D2. The van der Waals surface area contributed by atoms with Crippen LogP contribution in [0.2, 0.25) is 0 Å². The molecule has 2 atom stereocenters. The summed E-state index contributed by atoms with van der Waals surface area (Å²) in [6, 6.07) is 9.12. The second-order valence-electron chi connectivity index (χ2n) is 4.35. The fourth-order valence-electron chi connectivity index (χ4n) is 1.98. The van der Waals surface area contributed by atoms with Crippen LogP contribution in [0.25, 0.3) is 0 Å². The van der Waals surface area contributed by atoms with E-state index in [0.717, 1.165) is 10.5 Å². The van der Waals surface area contributed by atoms with Gasteiger partial charge in [0.15, 0.2) is 0 Å². The zero-order chi connectivity index (χ0) is 16.5. The van der Waals surface area contributed by atoms with Gasteiger partial charge in [0.1, 0.15) is 0 Å². The van der Waals surface area contributed by atoms with E-state index in [9.17, 15) is 4.79 Å². The van der Waals surface area contributed by atoms with Gasteiger partial charge in [-0.15, -0.1) is 0 Å². The van der Waals surface area contributed by atoms with Crippen LogP contribution < -0.4 is 0 Å². The molecule has 18 heavy (non-hydrogen) atoms. The van der Waals surface area contributed by atoms with Crippen molar-refractivity contribution in [1.82, 2.24) is 4.90 Å². The molecule has 0 aromatic heterocycles. The van der Waals surface area contributed by atoms with Crippen molar-refractivity contribution < 1.29 is 15.0 Å². The van der Waals surface area contributed by atoms with Gasteiger partial charge in [0.25, 0.3) is 0 Å². The Morgan fingerprint density at radius 1 is 1.44 bits per heavy atom. The van der Waals surface area contributed by atoms with Gasteiger partial charge in [-0.05, 0) is 18.4 Å². The molecule has 0 N–H and O–H groups in total.